The van der Waals surface area contributed by atoms with Gasteiger partial charge in [-0.3, -0.25) is 4.79 Å². The van der Waals surface area contributed by atoms with E-state index >= 15 is 0 Å². The molecule has 0 bridgehead atoms. The lowest BCUT2D eigenvalue weighted by Gasteiger charge is -2.10. The molecule has 0 aliphatic rings. The molecule has 7 heteroatoms. The van der Waals surface area contributed by atoms with Crippen LogP contribution >= 0.6 is 0 Å². The Morgan fingerprint density at radius 1 is 1.19 bits per heavy atom. The third-order valence-electron chi connectivity index (χ3n) is 2.89. The molecule has 2 N–H and O–H groups in total. The first kappa shape index (κ1) is 17.6. The summed E-state index contributed by atoms with van der Waals surface area (Å²) in [5, 5.41) is 3.23. The maximum Gasteiger partial charge on any atom is 0.309 e. The molecule has 1 aromatic carbocycles. The Bertz CT molecular complexity index is 558. The van der Waals surface area contributed by atoms with E-state index in [-0.39, 0.29) is 12.4 Å². The highest BCUT2D eigenvalue weighted by atomic mass is 32.2. The zero-order valence-corrected chi connectivity index (χ0v) is 13.2. The van der Waals surface area contributed by atoms with Crippen LogP contribution in [0, 0.1) is 0 Å². The average Bonchev–Trinajstić information content (AvgIpc) is 2.43. The van der Waals surface area contributed by atoms with Gasteiger partial charge >= 0.3 is 5.97 Å². The highest BCUT2D eigenvalue weighted by molar-refractivity contribution is 7.88. The van der Waals surface area contributed by atoms with Gasteiger partial charge < -0.3 is 10.1 Å². The number of hydrogen-bond donors (Lipinski definition) is 2. The van der Waals surface area contributed by atoms with E-state index in [1.165, 1.54) is 7.11 Å². The van der Waals surface area contributed by atoms with E-state index in [4.69, 9.17) is 0 Å². The van der Waals surface area contributed by atoms with E-state index < -0.39 is 10.0 Å². The highest BCUT2D eigenvalue weighted by Crippen LogP contribution is 2.10. The van der Waals surface area contributed by atoms with Crippen LogP contribution in [0.4, 0.5) is 0 Å². The van der Waals surface area contributed by atoms with Crippen molar-refractivity contribution in [3.8, 4) is 0 Å². The Kier molecular flexibility index (Phi) is 7.35. The number of esters is 1. The predicted molar refractivity (Wildman–Crippen MR) is 81.3 cm³/mol. The molecule has 0 saturated carbocycles. The van der Waals surface area contributed by atoms with Crippen molar-refractivity contribution >= 4 is 16.0 Å². The monoisotopic (exact) mass is 314 g/mol. The number of hydrogen-bond acceptors (Lipinski definition) is 5. The van der Waals surface area contributed by atoms with Crippen LogP contribution in [0.2, 0.25) is 0 Å². The maximum atomic E-state index is 11.3. The molecule has 118 valence electrons. The molecule has 0 aromatic heterocycles. The van der Waals surface area contributed by atoms with Gasteiger partial charge in [-0.2, -0.15) is 0 Å². The van der Waals surface area contributed by atoms with E-state index in [0.717, 1.165) is 17.4 Å². The van der Waals surface area contributed by atoms with Crippen molar-refractivity contribution < 1.29 is 17.9 Å². The normalized spacial score (nSPS) is 11.3. The van der Waals surface area contributed by atoms with Crippen LogP contribution in [-0.4, -0.2) is 40.8 Å². The third kappa shape index (κ3) is 7.79. The van der Waals surface area contributed by atoms with Crippen molar-refractivity contribution in [3.63, 3.8) is 0 Å². The van der Waals surface area contributed by atoms with Gasteiger partial charge in [0.2, 0.25) is 10.0 Å². The van der Waals surface area contributed by atoms with Crippen molar-refractivity contribution in [2.45, 2.75) is 19.4 Å². The summed E-state index contributed by atoms with van der Waals surface area (Å²) in [7, 11) is -1.74. The molecule has 1 aromatic rings. The second-order valence-electron chi connectivity index (χ2n) is 4.72. The van der Waals surface area contributed by atoms with Crippen LogP contribution in [-0.2, 0) is 32.5 Å². The van der Waals surface area contributed by atoms with E-state index in [1.54, 1.807) is 0 Å². The molecule has 0 aliphatic heterocycles. The molecule has 1 rings (SSSR count). The Labute approximate surface area is 125 Å². The fraction of sp³-hybridized carbons (Fsp3) is 0.500. The zero-order chi connectivity index (χ0) is 15.7. The summed E-state index contributed by atoms with van der Waals surface area (Å²) in [6.07, 6.45) is 2.10. The van der Waals surface area contributed by atoms with Gasteiger partial charge in [-0.1, -0.05) is 24.3 Å². The van der Waals surface area contributed by atoms with Crippen molar-refractivity contribution in [1.82, 2.24) is 10.0 Å². The Morgan fingerprint density at radius 3 is 2.48 bits per heavy atom. The maximum absolute atomic E-state index is 11.3. The van der Waals surface area contributed by atoms with Gasteiger partial charge in [-0.05, 0) is 24.1 Å². The van der Waals surface area contributed by atoms with Gasteiger partial charge in [0.05, 0.1) is 19.8 Å². The minimum absolute atomic E-state index is 0.254. The Morgan fingerprint density at radius 2 is 1.86 bits per heavy atom. The third-order valence-corrected chi connectivity index (χ3v) is 3.62. The summed E-state index contributed by atoms with van der Waals surface area (Å²) >= 11 is 0. The summed E-state index contributed by atoms with van der Waals surface area (Å²) in [6, 6.07) is 7.67. The Balaban J connectivity index is 2.36. The lowest BCUT2D eigenvalue weighted by molar-refractivity contribution is -0.139. The molecular formula is C14H22N2O4S. The standard InChI is InChI=1S/C14H22N2O4S/c1-20-14(17)10-12-6-3-4-7-13(12)11-15-8-5-9-16-21(2,18)19/h3-4,6-7,15-16H,5,8-11H2,1-2H3. The number of rotatable bonds is 9. The summed E-state index contributed by atoms with van der Waals surface area (Å²) < 4.78 is 28.9. The van der Waals surface area contributed by atoms with E-state index in [1.807, 2.05) is 24.3 Å². The minimum Gasteiger partial charge on any atom is -0.469 e. The van der Waals surface area contributed by atoms with Crippen LogP contribution in [0.1, 0.15) is 17.5 Å². The van der Waals surface area contributed by atoms with Crippen molar-refractivity contribution in [2.75, 3.05) is 26.5 Å². The summed E-state index contributed by atoms with van der Waals surface area (Å²) in [4.78, 5) is 11.3. The van der Waals surface area contributed by atoms with Gasteiger partial charge in [0.25, 0.3) is 0 Å². The highest BCUT2D eigenvalue weighted by Gasteiger charge is 2.07. The molecule has 0 spiro atoms. The smallest absolute Gasteiger partial charge is 0.309 e. The summed E-state index contributed by atoms with van der Waals surface area (Å²) in [5.74, 6) is -0.264. The molecular weight excluding hydrogens is 292 g/mol. The minimum atomic E-state index is -3.12. The van der Waals surface area contributed by atoms with Crippen LogP contribution < -0.4 is 10.0 Å². The second kappa shape index (κ2) is 8.76. The van der Waals surface area contributed by atoms with Gasteiger partial charge in [0.1, 0.15) is 0 Å². The zero-order valence-electron chi connectivity index (χ0n) is 12.4. The van der Waals surface area contributed by atoms with E-state index in [9.17, 15) is 13.2 Å². The molecule has 0 atom stereocenters. The lowest BCUT2D eigenvalue weighted by Crippen LogP contribution is -2.26. The molecule has 21 heavy (non-hydrogen) atoms. The number of nitrogens with one attached hydrogen (secondary N) is 2. The van der Waals surface area contributed by atoms with Gasteiger partial charge in [0, 0.05) is 13.1 Å². The van der Waals surface area contributed by atoms with Crippen molar-refractivity contribution in [3.05, 3.63) is 35.4 Å². The average molecular weight is 314 g/mol. The first-order chi connectivity index (χ1) is 9.92. The number of sulfonamides is 1. The lowest BCUT2D eigenvalue weighted by atomic mass is 10.0. The molecule has 0 amide bonds. The molecule has 0 saturated heterocycles. The van der Waals surface area contributed by atoms with Crippen molar-refractivity contribution in [2.24, 2.45) is 0 Å². The number of carbonyl (C=O) groups excluding carboxylic acids is 1. The van der Waals surface area contributed by atoms with Gasteiger partial charge in [-0.15, -0.1) is 0 Å². The first-order valence-electron chi connectivity index (χ1n) is 6.71. The van der Waals surface area contributed by atoms with E-state index in [0.29, 0.717) is 26.1 Å². The fourth-order valence-corrected chi connectivity index (χ4v) is 2.34. The molecule has 0 fully saturated rings. The van der Waals surface area contributed by atoms with Crippen LogP contribution in [0.5, 0.6) is 0 Å². The molecule has 0 aliphatic carbocycles. The number of ether oxygens (including phenoxy) is 1. The van der Waals surface area contributed by atoms with Crippen LogP contribution in [0.3, 0.4) is 0 Å². The number of benzene rings is 1. The molecule has 6 nitrogen and oxygen atoms in total. The quantitative estimate of drug-likeness (QED) is 0.510. The predicted octanol–water partition coefficient (Wildman–Crippen LogP) is 0.431. The summed E-state index contributed by atoms with van der Waals surface area (Å²) in [6.45, 7) is 1.73. The van der Waals surface area contributed by atoms with E-state index in [2.05, 4.69) is 14.8 Å². The van der Waals surface area contributed by atoms with Gasteiger partial charge in [0.15, 0.2) is 0 Å². The molecule has 0 radical (unpaired) electrons. The Hall–Kier alpha value is -1.44. The van der Waals surface area contributed by atoms with Gasteiger partial charge in [-0.25, -0.2) is 13.1 Å². The molecule has 0 unspecified atom stereocenters. The fourth-order valence-electron chi connectivity index (χ4n) is 1.82. The van der Waals surface area contributed by atoms with Crippen LogP contribution in [0.15, 0.2) is 24.3 Å². The first-order valence-corrected chi connectivity index (χ1v) is 8.60. The topological polar surface area (TPSA) is 84.5 Å². The largest absolute Gasteiger partial charge is 0.469 e. The SMILES string of the molecule is COC(=O)Cc1ccccc1CNCCCNS(C)(=O)=O. The van der Waals surface area contributed by atoms with Crippen LogP contribution in [0.25, 0.3) is 0 Å². The second-order valence-corrected chi connectivity index (χ2v) is 6.55. The molecule has 0 heterocycles. The number of carbonyl (C=O) groups is 1. The number of methoxy groups -OCH3 is 1. The van der Waals surface area contributed by atoms with Crippen molar-refractivity contribution in [1.29, 1.82) is 0 Å². The summed E-state index contributed by atoms with van der Waals surface area (Å²) in [5.41, 5.74) is 1.98.